The van der Waals surface area contributed by atoms with E-state index < -0.39 is 0 Å². The maximum Gasteiger partial charge on any atom is 0.140 e. The maximum atomic E-state index is 6.29. The lowest BCUT2D eigenvalue weighted by molar-refractivity contribution is 0.666. The number of furan rings is 1. The minimum Gasteiger partial charge on any atom is -0.456 e. The summed E-state index contributed by atoms with van der Waals surface area (Å²) in [6, 6.07) is 27.8. The van der Waals surface area contributed by atoms with Crippen molar-refractivity contribution in [3.8, 4) is 5.69 Å². The summed E-state index contributed by atoms with van der Waals surface area (Å²) >= 11 is 2.43. The molecule has 2 nitrogen and oxygen atoms in total. The first-order chi connectivity index (χ1) is 13.7. The third-order valence-corrected chi connectivity index (χ3v) is 6.47. The van der Waals surface area contributed by atoms with Crippen LogP contribution in [0, 0.1) is 10.5 Å². The Bertz CT molecular complexity index is 1540. The topological polar surface area (TPSA) is 18.1 Å². The van der Waals surface area contributed by atoms with Gasteiger partial charge >= 0.3 is 0 Å². The fraction of sp³-hybridized carbons (Fsp3) is 0.0400. The van der Waals surface area contributed by atoms with Crippen molar-refractivity contribution in [3.05, 3.63) is 88.0 Å². The zero-order valence-corrected chi connectivity index (χ0v) is 17.4. The van der Waals surface area contributed by atoms with Gasteiger partial charge in [0.05, 0.1) is 22.1 Å². The van der Waals surface area contributed by atoms with Crippen LogP contribution < -0.4 is 0 Å². The molecular formula is C25H16INO. The van der Waals surface area contributed by atoms with Gasteiger partial charge in [0.1, 0.15) is 11.2 Å². The molecule has 0 aliphatic rings. The normalized spacial score (nSPS) is 11.9. The van der Waals surface area contributed by atoms with E-state index >= 15 is 0 Å². The van der Waals surface area contributed by atoms with Gasteiger partial charge < -0.3 is 8.98 Å². The number of aromatic nitrogens is 1. The molecule has 0 bridgehead atoms. The van der Waals surface area contributed by atoms with Gasteiger partial charge in [0.2, 0.25) is 0 Å². The van der Waals surface area contributed by atoms with Crippen molar-refractivity contribution < 1.29 is 4.42 Å². The minimum atomic E-state index is 0.938. The quantitative estimate of drug-likeness (QED) is 0.225. The second kappa shape index (κ2) is 5.85. The van der Waals surface area contributed by atoms with Crippen LogP contribution >= 0.6 is 22.6 Å². The molecule has 0 aliphatic heterocycles. The zero-order valence-electron chi connectivity index (χ0n) is 15.2. The number of aryl methyl sites for hydroxylation is 1. The van der Waals surface area contributed by atoms with E-state index in [1.165, 1.54) is 47.4 Å². The first-order valence-corrected chi connectivity index (χ1v) is 10.4. The Morgan fingerprint density at radius 3 is 2.36 bits per heavy atom. The molecular weight excluding hydrogens is 457 g/mol. The van der Waals surface area contributed by atoms with E-state index in [0.717, 1.165) is 11.2 Å². The average Bonchev–Trinajstić information content (AvgIpc) is 3.25. The van der Waals surface area contributed by atoms with Crippen molar-refractivity contribution in [1.82, 2.24) is 4.57 Å². The van der Waals surface area contributed by atoms with Crippen molar-refractivity contribution in [1.29, 1.82) is 0 Å². The summed E-state index contributed by atoms with van der Waals surface area (Å²) in [6.07, 6.45) is 0. The predicted molar refractivity (Wildman–Crippen MR) is 126 cm³/mol. The van der Waals surface area contributed by atoms with Crippen molar-refractivity contribution >= 4 is 66.3 Å². The summed E-state index contributed by atoms with van der Waals surface area (Å²) in [5, 5.41) is 4.90. The van der Waals surface area contributed by atoms with E-state index in [4.69, 9.17) is 4.42 Å². The molecule has 3 heteroatoms. The highest BCUT2D eigenvalue weighted by Gasteiger charge is 2.20. The van der Waals surface area contributed by atoms with Crippen LogP contribution in [0.4, 0.5) is 0 Å². The molecule has 6 aromatic rings. The Balaban J connectivity index is 1.98. The van der Waals surface area contributed by atoms with Crippen molar-refractivity contribution in [2.24, 2.45) is 0 Å². The number of halogens is 1. The van der Waals surface area contributed by atoms with Crippen molar-refractivity contribution in [3.63, 3.8) is 0 Å². The van der Waals surface area contributed by atoms with Gasteiger partial charge in [-0.25, -0.2) is 0 Å². The molecule has 0 fully saturated rings. The van der Waals surface area contributed by atoms with Gasteiger partial charge in [0.25, 0.3) is 0 Å². The lowest BCUT2D eigenvalue weighted by Gasteiger charge is -2.11. The third-order valence-electron chi connectivity index (χ3n) is 5.56. The molecule has 6 rings (SSSR count). The SMILES string of the molecule is Cc1cc2c3ccccc3n(-c3ccccc3I)c2c2c1oc1ccccc12. The van der Waals surface area contributed by atoms with Gasteiger partial charge in [0.15, 0.2) is 0 Å². The molecule has 0 saturated carbocycles. The highest BCUT2D eigenvalue weighted by atomic mass is 127. The second-order valence-electron chi connectivity index (χ2n) is 7.20. The molecule has 2 aromatic heterocycles. The Kier molecular flexibility index (Phi) is 3.38. The van der Waals surface area contributed by atoms with Crippen LogP contribution in [-0.4, -0.2) is 4.57 Å². The van der Waals surface area contributed by atoms with Gasteiger partial charge in [-0.3, -0.25) is 0 Å². The van der Waals surface area contributed by atoms with E-state index in [-0.39, 0.29) is 0 Å². The Hall–Kier alpha value is -2.79. The molecule has 0 spiro atoms. The van der Waals surface area contributed by atoms with E-state index in [1.807, 2.05) is 6.07 Å². The van der Waals surface area contributed by atoms with Crippen LogP contribution in [0.3, 0.4) is 0 Å². The number of nitrogens with zero attached hydrogens (tertiary/aromatic N) is 1. The Labute approximate surface area is 175 Å². The number of hydrogen-bond acceptors (Lipinski definition) is 1. The molecule has 0 unspecified atom stereocenters. The van der Waals surface area contributed by atoms with E-state index in [2.05, 4.69) is 107 Å². The number of rotatable bonds is 1. The van der Waals surface area contributed by atoms with Crippen molar-refractivity contribution in [2.75, 3.05) is 0 Å². The average molecular weight is 473 g/mol. The van der Waals surface area contributed by atoms with Crippen LogP contribution in [0.5, 0.6) is 0 Å². The number of fused-ring (bicyclic) bond motifs is 7. The fourth-order valence-electron chi connectivity index (χ4n) is 4.38. The van der Waals surface area contributed by atoms with Gasteiger partial charge in [-0.2, -0.15) is 0 Å². The van der Waals surface area contributed by atoms with E-state index in [9.17, 15) is 0 Å². The standard InChI is InChI=1S/C25H16INO/c1-15-14-18-16-8-2-5-11-20(16)27(21-12-6-4-10-19(21)26)24(18)23-17-9-3-7-13-22(17)28-25(15)23/h2-14H,1H3. The summed E-state index contributed by atoms with van der Waals surface area (Å²) in [5.41, 5.74) is 6.72. The summed E-state index contributed by atoms with van der Waals surface area (Å²) < 4.78 is 9.92. The van der Waals surface area contributed by atoms with Crippen LogP contribution in [0.25, 0.3) is 49.4 Å². The molecule has 4 aromatic carbocycles. The molecule has 0 saturated heterocycles. The largest absolute Gasteiger partial charge is 0.456 e. The molecule has 134 valence electrons. The molecule has 0 amide bonds. The molecule has 0 N–H and O–H groups in total. The predicted octanol–water partition coefficient (Wildman–Crippen LogP) is 7.60. The fourth-order valence-corrected chi connectivity index (χ4v) is 5.01. The summed E-state index contributed by atoms with van der Waals surface area (Å²) in [4.78, 5) is 0. The maximum absolute atomic E-state index is 6.29. The van der Waals surface area contributed by atoms with Gasteiger partial charge in [-0.1, -0.05) is 48.5 Å². The second-order valence-corrected chi connectivity index (χ2v) is 8.36. The molecule has 0 aliphatic carbocycles. The lowest BCUT2D eigenvalue weighted by atomic mass is 10.0. The van der Waals surface area contributed by atoms with Gasteiger partial charge in [0, 0.05) is 19.7 Å². The number of para-hydroxylation sites is 3. The van der Waals surface area contributed by atoms with Gasteiger partial charge in [-0.15, -0.1) is 0 Å². The molecule has 28 heavy (non-hydrogen) atoms. The third kappa shape index (κ3) is 2.08. The van der Waals surface area contributed by atoms with E-state index in [0.29, 0.717) is 0 Å². The monoisotopic (exact) mass is 473 g/mol. The summed E-state index contributed by atoms with van der Waals surface area (Å²) in [5.74, 6) is 0. The first-order valence-electron chi connectivity index (χ1n) is 9.33. The first kappa shape index (κ1) is 16.2. The van der Waals surface area contributed by atoms with Crippen LogP contribution in [0.15, 0.2) is 83.3 Å². The van der Waals surface area contributed by atoms with Crippen LogP contribution in [-0.2, 0) is 0 Å². The van der Waals surface area contributed by atoms with Crippen LogP contribution in [0.2, 0.25) is 0 Å². The summed E-state index contributed by atoms with van der Waals surface area (Å²) in [7, 11) is 0. The Morgan fingerprint density at radius 1 is 0.786 bits per heavy atom. The summed E-state index contributed by atoms with van der Waals surface area (Å²) in [6.45, 7) is 2.14. The molecule has 2 heterocycles. The smallest absolute Gasteiger partial charge is 0.140 e. The molecule has 0 radical (unpaired) electrons. The number of hydrogen-bond donors (Lipinski definition) is 0. The minimum absolute atomic E-state index is 0.938. The van der Waals surface area contributed by atoms with Gasteiger partial charge in [-0.05, 0) is 65.4 Å². The van der Waals surface area contributed by atoms with E-state index in [1.54, 1.807) is 0 Å². The lowest BCUT2D eigenvalue weighted by Crippen LogP contribution is -1.97. The zero-order chi connectivity index (χ0) is 18.8. The highest BCUT2D eigenvalue weighted by Crippen LogP contribution is 2.42. The highest BCUT2D eigenvalue weighted by molar-refractivity contribution is 14.1. The number of benzene rings is 4. The molecule has 0 atom stereocenters. The Morgan fingerprint density at radius 2 is 1.50 bits per heavy atom. The van der Waals surface area contributed by atoms with Crippen molar-refractivity contribution in [2.45, 2.75) is 6.92 Å². The van der Waals surface area contributed by atoms with Crippen LogP contribution in [0.1, 0.15) is 5.56 Å².